The molecule has 2 nitrogen and oxygen atoms in total. The molecule has 4 heteroatoms. The summed E-state index contributed by atoms with van der Waals surface area (Å²) >= 11 is 5.85. The molecule has 0 saturated heterocycles. The monoisotopic (exact) mass is 238 g/mol. The van der Waals surface area contributed by atoms with Crippen LogP contribution in [-0.2, 0) is 5.41 Å². The Hall–Kier alpha value is -1.22. The molecule has 2 rings (SSSR count). The van der Waals surface area contributed by atoms with E-state index < -0.39 is 0 Å². The average molecular weight is 239 g/mol. The van der Waals surface area contributed by atoms with E-state index in [0.29, 0.717) is 5.52 Å². The van der Waals surface area contributed by atoms with E-state index in [4.69, 9.17) is 11.6 Å². The van der Waals surface area contributed by atoms with Crippen molar-refractivity contribution < 1.29 is 4.39 Å². The molecule has 1 aromatic carbocycles. The number of fused-ring (bicyclic) bond motifs is 1. The van der Waals surface area contributed by atoms with Gasteiger partial charge in [-0.2, -0.15) is 0 Å². The molecule has 0 aliphatic heterocycles. The lowest BCUT2D eigenvalue weighted by molar-refractivity contribution is 0.573. The van der Waals surface area contributed by atoms with Crippen LogP contribution in [-0.4, -0.2) is 9.97 Å². The number of aromatic nitrogens is 2. The van der Waals surface area contributed by atoms with Crippen molar-refractivity contribution in [3.8, 4) is 0 Å². The van der Waals surface area contributed by atoms with Gasteiger partial charge in [0.2, 0.25) is 5.28 Å². The maximum atomic E-state index is 13.2. The van der Waals surface area contributed by atoms with Crippen LogP contribution in [0.3, 0.4) is 0 Å². The smallest absolute Gasteiger partial charge is 0.222 e. The molecule has 0 aliphatic rings. The van der Waals surface area contributed by atoms with Crippen LogP contribution >= 0.6 is 11.6 Å². The van der Waals surface area contributed by atoms with Crippen LogP contribution in [0.2, 0.25) is 5.28 Å². The molecule has 0 N–H and O–H groups in total. The van der Waals surface area contributed by atoms with E-state index in [1.54, 1.807) is 6.07 Å². The van der Waals surface area contributed by atoms with E-state index in [1.807, 2.05) is 20.8 Å². The third-order valence-electron chi connectivity index (χ3n) is 2.34. The summed E-state index contributed by atoms with van der Waals surface area (Å²) in [4.78, 5) is 8.28. The van der Waals surface area contributed by atoms with Gasteiger partial charge in [-0.25, -0.2) is 14.4 Å². The Morgan fingerprint density at radius 3 is 2.50 bits per heavy atom. The van der Waals surface area contributed by atoms with Gasteiger partial charge in [0.05, 0.1) is 11.2 Å². The van der Waals surface area contributed by atoms with Gasteiger partial charge in [-0.3, -0.25) is 0 Å². The number of halogens is 2. The lowest BCUT2D eigenvalue weighted by atomic mass is 9.89. The number of rotatable bonds is 0. The van der Waals surface area contributed by atoms with Crippen LogP contribution in [0.1, 0.15) is 26.5 Å². The van der Waals surface area contributed by atoms with Gasteiger partial charge in [-0.05, 0) is 29.8 Å². The first-order valence-corrected chi connectivity index (χ1v) is 5.39. The van der Waals surface area contributed by atoms with E-state index in [1.165, 1.54) is 12.1 Å². The Morgan fingerprint density at radius 2 is 1.88 bits per heavy atom. The fourth-order valence-electron chi connectivity index (χ4n) is 1.64. The highest BCUT2D eigenvalue weighted by Crippen LogP contribution is 2.28. The predicted molar refractivity (Wildman–Crippen MR) is 63.2 cm³/mol. The van der Waals surface area contributed by atoms with Crippen molar-refractivity contribution in [1.29, 1.82) is 0 Å². The van der Waals surface area contributed by atoms with E-state index in [2.05, 4.69) is 9.97 Å². The van der Waals surface area contributed by atoms with E-state index in [-0.39, 0.29) is 16.5 Å². The van der Waals surface area contributed by atoms with Gasteiger partial charge < -0.3 is 0 Å². The maximum Gasteiger partial charge on any atom is 0.223 e. The minimum absolute atomic E-state index is 0.196. The summed E-state index contributed by atoms with van der Waals surface area (Å²) in [5.74, 6) is -0.288. The van der Waals surface area contributed by atoms with Gasteiger partial charge in [-0.1, -0.05) is 20.8 Å². The summed E-state index contributed by atoms with van der Waals surface area (Å²) in [7, 11) is 0. The molecule has 0 spiro atoms. The molecule has 0 aliphatic carbocycles. The fraction of sp³-hybridized carbons (Fsp3) is 0.333. The highest BCUT2D eigenvalue weighted by atomic mass is 35.5. The van der Waals surface area contributed by atoms with Crippen LogP contribution in [0.15, 0.2) is 18.2 Å². The molecule has 84 valence electrons. The third kappa shape index (κ3) is 2.00. The molecular weight excluding hydrogens is 227 g/mol. The topological polar surface area (TPSA) is 25.8 Å². The van der Waals surface area contributed by atoms with Crippen LogP contribution in [0.25, 0.3) is 10.9 Å². The Balaban J connectivity index is 2.85. The first-order valence-electron chi connectivity index (χ1n) is 5.01. The highest BCUT2D eigenvalue weighted by Gasteiger charge is 2.20. The summed E-state index contributed by atoms with van der Waals surface area (Å²) in [5.41, 5.74) is 1.24. The summed E-state index contributed by atoms with van der Waals surface area (Å²) < 4.78 is 13.2. The molecule has 16 heavy (non-hydrogen) atoms. The summed E-state index contributed by atoms with van der Waals surface area (Å²) in [6.45, 7) is 6.03. The molecule has 0 radical (unpaired) electrons. The second-order valence-electron chi connectivity index (χ2n) is 4.75. The van der Waals surface area contributed by atoms with Crippen LogP contribution in [0.5, 0.6) is 0 Å². The van der Waals surface area contributed by atoms with E-state index >= 15 is 0 Å². The largest absolute Gasteiger partial charge is 0.223 e. The lowest BCUT2D eigenvalue weighted by Gasteiger charge is -2.19. The molecule has 1 aromatic heterocycles. The normalized spacial score (nSPS) is 12.1. The van der Waals surface area contributed by atoms with E-state index in [9.17, 15) is 4.39 Å². The number of hydrogen-bond donors (Lipinski definition) is 0. The van der Waals surface area contributed by atoms with E-state index in [0.717, 1.165) is 11.1 Å². The van der Waals surface area contributed by atoms with Crippen LogP contribution in [0, 0.1) is 5.82 Å². The minimum Gasteiger partial charge on any atom is -0.222 e. The van der Waals surface area contributed by atoms with Gasteiger partial charge in [0.25, 0.3) is 0 Å². The van der Waals surface area contributed by atoms with Crippen molar-refractivity contribution >= 4 is 22.5 Å². The second-order valence-corrected chi connectivity index (χ2v) is 5.09. The van der Waals surface area contributed by atoms with Gasteiger partial charge in [-0.15, -0.1) is 0 Å². The molecule has 1 heterocycles. The molecule has 0 saturated carbocycles. The Morgan fingerprint density at radius 1 is 1.19 bits per heavy atom. The van der Waals surface area contributed by atoms with Gasteiger partial charge in [0.1, 0.15) is 5.82 Å². The Bertz CT molecular complexity index is 546. The quantitative estimate of drug-likeness (QED) is 0.654. The summed E-state index contributed by atoms with van der Waals surface area (Å²) in [5, 5.41) is 0.918. The van der Waals surface area contributed by atoms with Crippen molar-refractivity contribution in [2.45, 2.75) is 26.2 Å². The average Bonchev–Trinajstić information content (AvgIpc) is 2.16. The first kappa shape index (κ1) is 11.3. The van der Waals surface area contributed by atoms with Crippen molar-refractivity contribution in [1.82, 2.24) is 9.97 Å². The maximum absolute atomic E-state index is 13.2. The fourth-order valence-corrected chi connectivity index (χ4v) is 1.82. The third-order valence-corrected chi connectivity index (χ3v) is 2.51. The van der Waals surface area contributed by atoms with Gasteiger partial charge in [0.15, 0.2) is 0 Å². The molecular formula is C12H12ClFN2. The Labute approximate surface area is 98.5 Å². The summed E-state index contributed by atoms with van der Waals surface area (Å²) in [6, 6.07) is 4.44. The zero-order chi connectivity index (χ0) is 11.9. The minimum atomic E-state index is -0.288. The zero-order valence-corrected chi connectivity index (χ0v) is 10.1. The lowest BCUT2D eigenvalue weighted by Crippen LogP contribution is -2.15. The van der Waals surface area contributed by atoms with Crippen molar-refractivity contribution in [2.75, 3.05) is 0 Å². The molecule has 0 unspecified atom stereocenters. The van der Waals surface area contributed by atoms with Crippen LogP contribution in [0.4, 0.5) is 4.39 Å². The van der Waals surface area contributed by atoms with Crippen molar-refractivity contribution in [3.63, 3.8) is 0 Å². The second kappa shape index (κ2) is 3.67. The van der Waals surface area contributed by atoms with Crippen LogP contribution < -0.4 is 0 Å². The SMILES string of the molecule is CC(C)(C)c1nc(Cl)nc2ccc(F)cc12. The predicted octanol–water partition coefficient (Wildman–Crippen LogP) is 3.72. The summed E-state index contributed by atoms with van der Waals surface area (Å²) in [6.07, 6.45) is 0. The first-order chi connectivity index (χ1) is 7.38. The standard InChI is InChI=1S/C12H12ClFN2/c1-12(2,3)10-8-6-7(14)4-5-9(8)15-11(13)16-10/h4-6H,1-3H3. The number of nitrogens with zero attached hydrogens (tertiary/aromatic N) is 2. The number of hydrogen-bond acceptors (Lipinski definition) is 2. The Kier molecular flexibility index (Phi) is 2.58. The molecule has 0 atom stereocenters. The van der Waals surface area contributed by atoms with Gasteiger partial charge in [0, 0.05) is 10.8 Å². The zero-order valence-electron chi connectivity index (χ0n) is 9.38. The molecule has 0 fully saturated rings. The highest BCUT2D eigenvalue weighted by molar-refractivity contribution is 6.28. The van der Waals surface area contributed by atoms with Crippen molar-refractivity contribution in [3.05, 3.63) is 35.0 Å². The molecule has 0 bridgehead atoms. The number of benzene rings is 1. The van der Waals surface area contributed by atoms with Crippen molar-refractivity contribution in [2.24, 2.45) is 0 Å². The van der Waals surface area contributed by atoms with Gasteiger partial charge >= 0.3 is 0 Å². The molecule has 0 amide bonds. The molecule has 2 aromatic rings.